The van der Waals surface area contributed by atoms with Gasteiger partial charge in [-0.15, -0.1) is 0 Å². The zero-order valence-corrected chi connectivity index (χ0v) is 22.7. The molecular weight excluding hydrogens is 478 g/mol. The molecule has 0 saturated heterocycles. The number of hydrogen-bond donors (Lipinski definition) is 2. The molecule has 3 aromatic rings. The van der Waals surface area contributed by atoms with Gasteiger partial charge in [-0.2, -0.15) is 0 Å². The molecule has 7 heteroatoms. The Hall–Kier alpha value is -3.61. The van der Waals surface area contributed by atoms with Gasteiger partial charge in [0.05, 0.1) is 0 Å². The average Bonchev–Trinajstić information content (AvgIpc) is 3.38. The number of ether oxygens (including phenoxy) is 1. The predicted molar refractivity (Wildman–Crippen MR) is 151 cm³/mol. The lowest BCUT2D eigenvalue weighted by Crippen LogP contribution is -2.49. The minimum atomic E-state index is -0.818. The Bertz CT molecular complexity index is 1120. The number of carbonyl (C=O) groups excluding carboxylic acids is 3. The fourth-order valence-corrected chi connectivity index (χ4v) is 4.42. The van der Waals surface area contributed by atoms with Crippen molar-refractivity contribution < 1.29 is 19.1 Å². The number of unbranched alkanes of at least 4 members (excludes halogenated alkanes) is 4. The van der Waals surface area contributed by atoms with Gasteiger partial charge in [0.15, 0.2) is 0 Å². The van der Waals surface area contributed by atoms with Crippen molar-refractivity contribution in [3.8, 4) is 0 Å². The minimum absolute atomic E-state index is 0.0357. The van der Waals surface area contributed by atoms with Crippen molar-refractivity contribution in [2.75, 3.05) is 13.1 Å². The monoisotopic (exact) mass is 519 g/mol. The maximum atomic E-state index is 13.7. The van der Waals surface area contributed by atoms with Crippen LogP contribution in [-0.4, -0.2) is 46.8 Å². The van der Waals surface area contributed by atoms with Crippen LogP contribution in [0.2, 0.25) is 0 Å². The van der Waals surface area contributed by atoms with Crippen LogP contribution in [0.15, 0.2) is 60.7 Å². The van der Waals surface area contributed by atoms with Crippen LogP contribution in [0.1, 0.15) is 81.3 Å². The lowest BCUT2D eigenvalue weighted by atomic mass is 10.1. The molecule has 2 amide bonds. The molecule has 0 unspecified atom stereocenters. The first kappa shape index (κ1) is 29.0. The highest BCUT2D eigenvalue weighted by molar-refractivity contribution is 6.00. The Morgan fingerprint density at radius 2 is 1.55 bits per heavy atom. The molecule has 38 heavy (non-hydrogen) atoms. The van der Waals surface area contributed by atoms with Crippen molar-refractivity contribution in [1.82, 2.24) is 15.2 Å². The standard InChI is InChI=1S/C31H41N3O4/c1-3-5-12-20-34(21-13-6-4-2)31(37)27(18-19-29(35)38-23-24-14-8-7-9-15-24)33-30(36)28-22-25-16-10-11-17-26(25)32-28/h7-11,14-17,22,27,32H,3-6,12-13,18-21,23H2,1-2H3,(H,33,36)/t27-/m1/s1. The van der Waals surface area contributed by atoms with Crippen LogP contribution in [0.4, 0.5) is 0 Å². The number of aromatic amines is 1. The molecule has 2 aromatic carbocycles. The van der Waals surface area contributed by atoms with Crippen LogP contribution >= 0.6 is 0 Å². The quantitative estimate of drug-likeness (QED) is 0.179. The average molecular weight is 520 g/mol. The molecule has 3 rings (SSSR count). The summed E-state index contributed by atoms with van der Waals surface area (Å²) in [7, 11) is 0. The molecule has 7 nitrogen and oxygen atoms in total. The van der Waals surface area contributed by atoms with E-state index < -0.39 is 12.0 Å². The van der Waals surface area contributed by atoms with E-state index in [-0.39, 0.29) is 31.3 Å². The molecule has 1 heterocycles. The van der Waals surface area contributed by atoms with Gasteiger partial charge in [0.25, 0.3) is 5.91 Å². The van der Waals surface area contributed by atoms with Crippen molar-refractivity contribution in [3.05, 3.63) is 71.9 Å². The first-order chi connectivity index (χ1) is 18.5. The smallest absolute Gasteiger partial charge is 0.306 e. The Labute approximate surface area is 225 Å². The maximum Gasteiger partial charge on any atom is 0.306 e. The van der Waals surface area contributed by atoms with Crippen LogP contribution in [-0.2, 0) is 20.9 Å². The molecule has 0 bridgehead atoms. The van der Waals surface area contributed by atoms with Gasteiger partial charge in [0.1, 0.15) is 18.3 Å². The summed E-state index contributed by atoms with van der Waals surface area (Å²) in [6, 6.07) is 18.1. The maximum absolute atomic E-state index is 13.7. The van der Waals surface area contributed by atoms with Gasteiger partial charge >= 0.3 is 5.97 Å². The fraction of sp³-hybridized carbons (Fsp3) is 0.452. The second-order valence-electron chi connectivity index (χ2n) is 9.72. The predicted octanol–water partition coefficient (Wildman–Crippen LogP) is 6.00. The molecule has 0 saturated carbocycles. The second kappa shape index (κ2) is 15.6. The summed E-state index contributed by atoms with van der Waals surface area (Å²) < 4.78 is 5.42. The molecule has 1 aromatic heterocycles. The number of nitrogens with one attached hydrogen (secondary N) is 2. The topological polar surface area (TPSA) is 91.5 Å². The van der Waals surface area contributed by atoms with E-state index >= 15 is 0 Å². The normalized spacial score (nSPS) is 11.7. The van der Waals surface area contributed by atoms with Crippen molar-refractivity contribution in [2.45, 2.75) is 77.9 Å². The van der Waals surface area contributed by atoms with E-state index in [1.807, 2.05) is 59.5 Å². The molecule has 0 aliphatic carbocycles. The summed E-state index contributed by atoms with van der Waals surface area (Å²) in [5.41, 5.74) is 2.14. The van der Waals surface area contributed by atoms with Crippen molar-refractivity contribution in [3.63, 3.8) is 0 Å². The number of aromatic nitrogens is 1. The number of hydrogen-bond acceptors (Lipinski definition) is 4. The third-order valence-corrected chi connectivity index (χ3v) is 6.63. The molecule has 0 aliphatic rings. The number of rotatable bonds is 16. The van der Waals surface area contributed by atoms with E-state index in [0.717, 1.165) is 55.0 Å². The van der Waals surface area contributed by atoms with Crippen LogP contribution < -0.4 is 5.32 Å². The Morgan fingerprint density at radius 3 is 2.21 bits per heavy atom. The number of para-hydroxylation sites is 1. The van der Waals surface area contributed by atoms with E-state index in [1.54, 1.807) is 6.07 Å². The minimum Gasteiger partial charge on any atom is -0.461 e. The summed E-state index contributed by atoms with van der Waals surface area (Å²) in [6.45, 7) is 5.74. The summed E-state index contributed by atoms with van der Waals surface area (Å²) in [4.78, 5) is 44.4. The van der Waals surface area contributed by atoms with E-state index in [1.165, 1.54) is 0 Å². The number of benzene rings is 2. The van der Waals surface area contributed by atoms with Crippen molar-refractivity contribution in [2.24, 2.45) is 0 Å². The molecule has 204 valence electrons. The Balaban J connectivity index is 1.70. The van der Waals surface area contributed by atoms with Gasteiger partial charge < -0.3 is 19.9 Å². The highest BCUT2D eigenvalue weighted by Gasteiger charge is 2.27. The van der Waals surface area contributed by atoms with Gasteiger partial charge in [-0.1, -0.05) is 88.1 Å². The number of H-pyrrole nitrogens is 1. The van der Waals surface area contributed by atoms with E-state index in [2.05, 4.69) is 24.1 Å². The first-order valence-corrected chi connectivity index (χ1v) is 13.9. The molecule has 0 aliphatic heterocycles. The van der Waals surface area contributed by atoms with Crippen LogP contribution in [0.5, 0.6) is 0 Å². The SMILES string of the molecule is CCCCCN(CCCCC)C(=O)[C@@H](CCC(=O)OCc1ccccc1)NC(=O)c1cc2ccccc2[nH]1. The summed E-state index contributed by atoms with van der Waals surface area (Å²) in [5, 5.41) is 3.84. The number of nitrogens with zero attached hydrogens (tertiary/aromatic N) is 1. The second-order valence-corrected chi connectivity index (χ2v) is 9.72. The molecular formula is C31H41N3O4. The lowest BCUT2D eigenvalue weighted by Gasteiger charge is -2.28. The third-order valence-electron chi connectivity index (χ3n) is 6.63. The highest BCUT2D eigenvalue weighted by Crippen LogP contribution is 2.16. The third kappa shape index (κ3) is 9.05. The van der Waals surface area contributed by atoms with Crippen molar-refractivity contribution >= 4 is 28.7 Å². The van der Waals surface area contributed by atoms with Gasteiger partial charge in [-0.05, 0) is 37.0 Å². The Kier molecular flexibility index (Phi) is 11.9. The van der Waals surface area contributed by atoms with Gasteiger partial charge in [-0.25, -0.2) is 0 Å². The van der Waals surface area contributed by atoms with E-state index in [4.69, 9.17) is 4.74 Å². The number of esters is 1. The van der Waals surface area contributed by atoms with E-state index in [9.17, 15) is 14.4 Å². The molecule has 1 atom stereocenters. The lowest BCUT2D eigenvalue weighted by molar-refractivity contribution is -0.145. The fourth-order valence-electron chi connectivity index (χ4n) is 4.42. The summed E-state index contributed by atoms with van der Waals surface area (Å²) in [6.07, 6.45) is 6.23. The van der Waals surface area contributed by atoms with Gasteiger partial charge in [-0.3, -0.25) is 14.4 Å². The summed E-state index contributed by atoms with van der Waals surface area (Å²) >= 11 is 0. The van der Waals surface area contributed by atoms with Gasteiger partial charge in [0, 0.05) is 30.4 Å². The number of fused-ring (bicyclic) bond motifs is 1. The van der Waals surface area contributed by atoms with Crippen LogP contribution in [0.25, 0.3) is 10.9 Å². The summed E-state index contributed by atoms with van der Waals surface area (Å²) in [5.74, 6) is -0.896. The largest absolute Gasteiger partial charge is 0.461 e. The molecule has 0 radical (unpaired) electrons. The Morgan fingerprint density at radius 1 is 0.895 bits per heavy atom. The number of carbonyl (C=O) groups is 3. The van der Waals surface area contributed by atoms with Crippen LogP contribution in [0.3, 0.4) is 0 Å². The van der Waals surface area contributed by atoms with E-state index in [0.29, 0.717) is 18.8 Å². The van der Waals surface area contributed by atoms with Gasteiger partial charge in [0.2, 0.25) is 5.91 Å². The van der Waals surface area contributed by atoms with Crippen molar-refractivity contribution in [1.29, 1.82) is 0 Å². The highest BCUT2D eigenvalue weighted by atomic mass is 16.5. The first-order valence-electron chi connectivity index (χ1n) is 13.9. The zero-order valence-electron chi connectivity index (χ0n) is 22.7. The molecule has 2 N–H and O–H groups in total. The molecule has 0 fully saturated rings. The zero-order chi connectivity index (χ0) is 27.2. The molecule has 0 spiro atoms. The van der Waals surface area contributed by atoms with Crippen LogP contribution in [0, 0.1) is 0 Å². The number of amides is 2.